The molecule has 0 fully saturated rings. The van der Waals surface area contributed by atoms with Crippen molar-refractivity contribution in [2.75, 3.05) is 0 Å². The molecule has 0 aromatic rings. The van der Waals surface area contributed by atoms with Gasteiger partial charge in [-0.3, -0.25) is 0 Å². The zero-order valence-corrected chi connectivity index (χ0v) is 9.46. The zero-order chi connectivity index (χ0) is 10.1. The van der Waals surface area contributed by atoms with E-state index in [4.69, 9.17) is 14.3 Å². The summed E-state index contributed by atoms with van der Waals surface area (Å²) < 4.78 is 4.83. The van der Waals surface area contributed by atoms with Gasteiger partial charge in [-0.25, -0.2) is 0 Å². The Morgan fingerprint density at radius 3 is 2.31 bits per heavy atom. The Kier molecular flexibility index (Phi) is 9.10. The SMILES string of the molecule is CCCCCCCC(C)OP(O)O. The van der Waals surface area contributed by atoms with Crippen molar-refractivity contribution in [2.45, 2.75) is 58.5 Å². The van der Waals surface area contributed by atoms with Gasteiger partial charge in [0.2, 0.25) is 0 Å². The minimum atomic E-state index is -2.17. The van der Waals surface area contributed by atoms with Crippen LogP contribution in [0.4, 0.5) is 0 Å². The van der Waals surface area contributed by atoms with Crippen molar-refractivity contribution < 1.29 is 14.3 Å². The van der Waals surface area contributed by atoms with Crippen LogP contribution in [0.5, 0.6) is 0 Å². The summed E-state index contributed by atoms with van der Waals surface area (Å²) in [6.45, 7) is 4.07. The van der Waals surface area contributed by atoms with Gasteiger partial charge in [-0.15, -0.1) is 0 Å². The molecule has 2 N–H and O–H groups in total. The normalized spacial score (nSPS) is 13.6. The van der Waals surface area contributed by atoms with Gasteiger partial charge in [-0.05, 0) is 13.3 Å². The molecule has 0 spiro atoms. The van der Waals surface area contributed by atoms with Crippen LogP contribution in [0.3, 0.4) is 0 Å². The molecule has 1 atom stereocenters. The number of hydrogen-bond acceptors (Lipinski definition) is 3. The van der Waals surface area contributed by atoms with E-state index >= 15 is 0 Å². The lowest BCUT2D eigenvalue weighted by Gasteiger charge is -2.12. The van der Waals surface area contributed by atoms with E-state index in [2.05, 4.69) is 6.92 Å². The molecule has 0 aromatic heterocycles. The van der Waals surface area contributed by atoms with Crippen molar-refractivity contribution in [1.29, 1.82) is 0 Å². The zero-order valence-electron chi connectivity index (χ0n) is 8.57. The molecular weight excluding hydrogens is 187 g/mol. The molecule has 0 aromatic carbocycles. The van der Waals surface area contributed by atoms with Gasteiger partial charge in [-0.1, -0.05) is 39.0 Å². The van der Waals surface area contributed by atoms with E-state index in [9.17, 15) is 0 Å². The van der Waals surface area contributed by atoms with E-state index in [1.807, 2.05) is 6.92 Å². The van der Waals surface area contributed by atoms with E-state index in [0.717, 1.165) is 12.8 Å². The van der Waals surface area contributed by atoms with Crippen LogP contribution in [0.2, 0.25) is 0 Å². The van der Waals surface area contributed by atoms with Crippen LogP contribution < -0.4 is 0 Å². The summed E-state index contributed by atoms with van der Waals surface area (Å²) in [5, 5.41) is 0. The lowest BCUT2D eigenvalue weighted by atomic mass is 10.1. The monoisotopic (exact) mass is 208 g/mol. The highest BCUT2D eigenvalue weighted by Gasteiger charge is 2.07. The minimum Gasteiger partial charge on any atom is -0.328 e. The van der Waals surface area contributed by atoms with Gasteiger partial charge < -0.3 is 14.3 Å². The Hall–Kier alpha value is 0.310. The molecule has 0 aliphatic carbocycles. The van der Waals surface area contributed by atoms with E-state index < -0.39 is 8.60 Å². The van der Waals surface area contributed by atoms with Crippen molar-refractivity contribution in [2.24, 2.45) is 0 Å². The number of rotatable bonds is 8. The fourth-order valence-electron chi connectivity index (χ4n) is 1.25. The van der Waals surface area contributed by atoms with Crippen molar-refractivity contribution in [3.63, 3.8) is 0 Å². The van der Waals surface area contributed by atoms with Crippen LogP contribution in [0.1, 0.15) is 52.4 Å². The first-order valence-corrected chi connectivity index (χ1v) is 6.18. The van der Waals surface area contributed by atoms with Gasteiger partial charge in [0, 0.05) is 0 Å². The average molecular weight is 208 g/mol. The maximum Gasteiger partial charge on any atom is 0.327 e. The quantitative estimate of drug-likeness (QED) is 0.476. The first-order chi connectivity index (χ1) is 6.16. The highest BCUT2D eigenvalue weighted by Crippen LogP contribution is 2.28. The molecular formula is C9H21O3P. The first kappa shape index (κ1) is 13.3. The van der Waals surface area contributed by atoms with Crippen molar-refractivity contribution in [1.82, 2.24) is 0 Å². The van der Waals surface area contributed by atoms with Crippen LogP contribution in [0.15, 0.2) is 0 Å². The summed E-state index contributed by atoms with van der Waals surface area (Å²) in [7, 11) is -2.17. The smallest absolute Gasteiger partial charge is 0.327 e. The molecule has 0 saturated heterocycles. The molecule has 80 valence electrons. The summed E-state index contributed by atoms with van der Waals surface area (Å²) in [4.78, 5) is 17.1. The van der Waals surface area contributed by atoms with E-state index in [1.54, 1.807) is 0 Å². The Labute approximate surface area is 82.1 Å². The van der Waals surface area contributed by atoms with E-state index in [1.165, 1.54) is 25.7 Å². The van der Waals surface area contributed by atoms with E-state index in [0.29, 0.717) is 0 Å². The molecule has 3 nitrogen and oxygen atoms in total. The van der Waals surface area contributed by atoms with Crippen molar-refractivity contribution in [3.05, 3.63) is 0 Å². The summed E-state index contributed by atoms with van der Waals surface area (Å²) in [6, 6.07) is 0. The summed E-state index contributed by atoms with van der Waals surface area (Å²) in [5.74, 6) is 0. The second kappa shape index (κ2) is 8.89. The third kappa shape index (κ3) is 10.2. The molecule has 13 heavy (non-hydrogen) atoms. The van der Waals surface area contributed by atoms with Gasteiger partial charge in [0.05, 0.1) is 6.10 Å². The molecule has 0 rings (SSSR count). The first-order valence-electron chi connectivity index (χ1n) is 5.01. The van der Waals surface area contributed by atoms with Gasteiger partial charge in [-0.2, -0.15) is 0 Å². The Morgan fingerprint density at radius 1 is 1.15 bits per heavy atom. The fourth-order valence-corrected chi connectivity index (χ4v) is 1.68. The molecule has 0 aliphatic heterocycles. The van der Waals surface area contributed by atoms with Gasteiger partial charge in [0.15, 0.2) is 0 Å². The molecule has 0 aliphatic rings. The third-order valence-corrected chi connectivity index (χ3v) is 2.54. The molecule has 0 amide bonds. The highest BCUT2D eigenvalue weighted by molar-refractivity contribution is 7.39. The Morgan fingerprint density at radius 2 is 1.77 bits per heavy atom. The van der Waals surface area contributed by atoms with E-state index in [-0.39, 0.29) is 6.10 Å². The molecule has 4 heteroatoms. The van der Waals surface area contributed by atoms with Gasteiger partial charge >= 0.3 is 8.60 Å². The average Bonchev–Trinajstić information content (AvgIpc) is 2.02. The molecule has 0 bridgehead atoms. The number of hydrogen-bond donors (Lipinski definition) is 2. The van der Waals surface area contributed by atoms with Crippen LogP contribution in [-0.2, 0) is 4.52 Å². The van der Waals surface area contributed by atoms with Gasteiger partial charge in [0.1, 0.15) is 0 Å². The summed E-state index contributed by atoms with van der Waals surface area (Å²) in [6.07, 6.45) is 7.05. The fraction of sp³-hybridized carbons (Fsp3) is 1.00. The highest BCUT2D eigenvalue weighted by atomic mass is 31.2. The van der Waals surface area contributed by atoms with Crippen LogP contribution >= 0.6 is 8.60 Å². The van der Waals surface area contributed by atoms with Crippen LogP contribution in [0, 0.1) is 0 Å². The third-order valence-electron chi connectivity index (χ3n) is 1.99. The second-order valence-electron chi connectivity index (χ2n) is 3.37. The predicted molar refractivity (Wildman–Crippen MR) is 55.3 cm³/mol. The molecule has 1 unspecified atom stereocenters. The maximum absolute atomic E-state index is 8.56. The van der Waals surface area contributed by atoms with Gasteiger partial charge in [0.25, 0.3) is 0 Å². The summed E-state index contributed by atoms with van der Waals surface area (Å²) >= 11 is 0. The topological polar surface area (TPSA) is 49.7 Å². The Bertz CT molecular complexity index is 109. The van der Waals surface area contributed by atoms with Crippen molar-refractivity contribution in [3.8, 4) is 0 Å². The number of unbranched alkanes of at least 4 members (excludes halogenated alkanes) is 4. The minimum absolute atomic E-state index is 0.0252. The lowest BCUT2D eigenvalue weighted by molar-refractivity contribution is 0.174. The standard InChI is InChI=1S/C9H21O3P/c1-3-4-5-6-7-8-9(2)12-13(10)11/h9-11H,3-8H2,1-2H3. The van der Waals surface area contributed by atoms with Crippen molar-refractivity contribution >= 4 is 8.60 Å². The summed E-state index contributed by atoms with van der Waals surface area (Å²) in [5.41, 5.74) is 0. The van der Waals surface area contributed by atoms with Crippen LogP contribution in [0.25, 0.3) is 0 Å². The maximum atomic E-state index is 8.56. The Balaban J connectivity index is 3.12. The predicted octanol–water partition coefficient (Wildman–Crippen LogP) is 2.96. The second-order valence-corrected chi connectivity index (χ2v) is 4.09. The lowest BCUT2D eigenvalue weighted by Crippen LogP contribution is -2.03. The molecule has 0 saturated carbocycles. The molecule has 0 radical (unpaired) electrons. The molecule has 0 heterocycles. The largest absolute Gasteiger partial charge is 0.328 e. The van der Waals surface area contributed by atoms with Crippen LogP contribution in [-0.4, -0.2) is 15.9 Å².